The molecule has 1 fully saturated rings. The Bertz CT molecular complexity index is 761. The van der Waals surface area contributed by atoms with E-state index in [9.17, 15) is 9.90 Å². The highest BCUT2D eigenvalue weighted by Gasteiger charge is 2.50. The van der Waals surface area contributed by atoms with Crippen LogP contribution in [0.3, 0.4) is 0 Å². The highest BCUT2D eigenvalue weighted by molar-refractivity contribution is 6.99. The van der Waals surface area contributed by atoms with Gasteiger partial charge in [-0.2, -0.15) is 0 Å². The maximum absolute atomic E-state index is 11.7. The Labute approximate surface area is 175 Å². The minimum Gasteiger partial charge on any atom is -0.459 e. The van der Waals surface area contributed by atoms with Gasteiger partial charge in [-0.1, -0.05) is 88.4 Å². The maximum atomic E-state index is 11.7. The smallest absolute Gasteiger partial charge is 0.309 e. The first-order chi connectivity index (χ1) is 13.8. The molecule has 0 saturated carbocycles. The summed E-state index contributed by atoms with van der Waals surface area (Å²) < 4.78 is 12.1. The molecule has 1 N–H and O–H groups in total. The van der Waals surface area contributed by atoms with Crippen molar-refractivity contribution in [2.24, 2.45) is 5.92 Å². The van der Waals surface area contributed by atoms with Crippen LogP contribution >= 0.6 is 0 Å². The van der Waals surface area contributed by atoms with E-state index in [1.165, 1.54) is 10.4 Å². The number of carbonyl (C=O) groups is 1. The summed E-state index contributed by atoms with van der Waals surface area (Å²) in [7, 11) is -2.60. The molecule has 0 amide bonds. The van der Waals surface area contributed by atoms with Crippen LogP contribution in [0.5, 0.6) is 0 Å². The number of aliphatic hydroxyl groups is 1. The lowest BCUT2D eigenvalue weighted by molar-refractivity contribution is -0.147. The number of ether oxygens (including phenoxy) is 1. The van der Waals surface area contributed by atoms with Gasteiger partial charge in [-0.15, -0.1) is 0 Å². The lowest BCUT2D eigenvalue weighted by Gasteiger charge is -2.43. The van der Waals surface area contributed by atoms with Gasteiger partial charge < -0.3 is 14.3 Å². The molecule has 0 aromatic heterocycles. The van der Waals surface area contributed by atoms with E-state index in [1.54, 1.807) is 0 Å². The van der Waals surface area contributed by atoms with Gasteiger partial charge >= 0.3 is 5.97 Å². The molecule has 4 nitrogen and oxygen atoms in total. The monoisotopic (exact) mass is 412 g/mol. The zero-order valence-electron chi connectivity index (χ0n) is 17.8. The van der Waals surface area contributed by atoms with Crippen molar-refractivity contribution in [2.45, 2.75) is 57.8 Å². The quantitative estimate of drug-likeness (QED) is 0.560. The molecule has 5 heteroatoms. The lowest BCUT2D eigenvalue weighted by atomic mass is 10.0. The van der Waals surface area contributed by atoms with Gasteiger partial charge in [-0.25, -0.2) is 0 Å². The third-order valence-electron chi connectivity index (χ3n) is 5.83. The van der Waals surface area contributed by atoms with E-state index in [2.05, 4.69) is 69.3 Å². The van der Waals surface area contributed by atoms with Crippen LogP contribution in [0, 0.1) is 5.92 Å². The van der Waals surface area contributed by atoms with Gasteiger partial charge in [0.05, 0.1) is 12.0 Å². The average Bonchev–Trinajstić information content (AvgIpc) is 3.04. The molecular weight excluding hydrogens is 380 g/mol. The summed E-state index contributed by atoms with van der Waals surface area (Å²) in [5.41, 5.74) is 0. The Kier molecular flexibility index (Phi) is 6.61. The lowest BCUT2D eigenvalue weighted by Crippen LogP contribution is -2.66. The van der Waals surface area contributed by atoms with Crippen LogP contribution in [-0.2, 0) is 14.0 Å². The van der Waals surface area contributed by atoms with Crippen molar-refractivity contribution < 1.29 is 19.1 Å². The molecular formula is C24H32O4Si. The second kappa shape index (κ2) is 8.82. The average molecular weight is 413 g/mol. The fourth-order valence-corrected chi connectivity index (χ4v) is 8.85. The molecule has 0 aliphatic carbocycles. The topological polar surface area (TPSA) is 55.8 Å². The van der Waals surface area contributed by atoms with Crippen LogP contribution in [0.15, 0.2) is 60.7 Å². The molecule has 3 rings (SSSR count). The Morgan fingerprint density at radius 2 is 1.59 bits per heavy atom. The molecule has 2 aromatic rings. The van der Waals surface area contributed by atoms with Crippen molar-refractivity contribution in [2.75, 3.05) is 6.61 Å². The fraction of sp³-hybridized carbons (Fsp3) is 0.458. The zero-order valence-corrected chi connectivity index (χ0v) is 18.8. The van der Waals surface area contributed by atoms with E-state index in [0.717, 1.165) is 0 Å². The molecule has 1 aliphatic rings. The Morgan fingerprint density at radius 3 is 2.00 bits per heavy atom. The molecule has 1 heterocycles. The van der Waals surface area contributed by atoms with Gasteiger partial charge in [0.25, 0.3) is 8.32 Å². The molecule has 3 atom stereocenters. The van der Waals surface area contributed by atoms with Gasteiger partial charge in [0, 0.05) is 6.61 Å². The minimum absolute atomic E-state index is 0.102. The third kappa shape index (κ3) is 4.47. The number of hydrogen-bond donors (Lipinski definition) is 1. The second-order valence-electron chi connectivity index (χ2n) is 8.98. The molecule has 0 spiro atoms. The Hall–Kier alpha value is -1.95. The summed E-state index contributed by atoms with van der Waals surface area (Å²) in [5.74, 6) is -0.366. The largest absolute Gasteiger partial charge is 0.459 e. The van der Waals surface area contributed by atoms with Crippen molar-refractivity contribution in [3.63, 3.8) is 0 Å². The van der Waals surface area contributed by atoms with E-state index in [0.29, 0.717) is 19.4 Å². The SMILES string of the molecule is C[C@@H]1C[C@@H]([C@@H](O)CCO[Si](c2ccccc2)(c2ccccc2)C(C)(C)C)OC1=O. The normalized spacial score (nSPS) is 21.1. The van der Waals surface area contributed by atoms with Crippen LogP contribution in [-0.4, -0.2) is 38.2 Å². The first kappa shape index (κ1) is 21.7. The van der Waals surface area contributed by atoms with Gasteiger partial charge in [-0.3, -0.25) is 4.79 Å². The molecule has 29 heavy (non-hydrogen) atoms. The van der Waals surface area contributed by atoms with E-state index in [-0.39, 0.29) is 16.9 Å². The zero-order chi connectivity index (χ0) is 21.1. The molecule has 0 unspecified atom stereocenters. The summed E-state index contributed by atoms with van der Waals surface area (Å²) >= 11 is 0. The van der Waals surface area contributed by atoms with Crippen molar-refractivity contribution in [1.82, 2.24) is 0 Å². The first-order valence-corrected chi connectivity index (χ1v) is 12.3. The minimum atomic E-state index is -2.60. The molecule has 1 aliphatic heterocycles. The summed E-state index contributed by atoms with van der Waals surface area (Å²) in [5, 5.41) is 12.9. The molecule has 2 aromatic carbocycles. The highest BCUT2D eigenvalue weighted by Crippen LogP contribution is 2.37. The van der Waals surface area contributed by atoms with Crippen LogP contribution < -0.4 is 10.4 Å². The predicted octanol–water partition coefficient (Wildman–Crippen LogP) is 3.27. The maximum Gasteiger partial charge on any atom is 0.309 e. The van der Waals surface area contributed by atoms with Crippen molar-refractivity contribution in [1.29, 1.82) is 0 Å². The summed E-state index contributed by atoms with van der Waals surface area (Å²) in [6.07, 6.45) is -0.128. The summed E-state index contributed by atoms with van der Waals surface area (Å²) in [6.45, 7) is 8.95. The molecule has 156 valence electrons. The summed E-state index contributed by atoms with van der Waals surface area (Å²) in [4.78, 5) is 11.7. The third-order valence-corrected chi connectivity index (χ3v) is 10.9. The van der Waals surface area contributed by atoms with E-state index in [4.69, 9.17) is 9.16 Å². The molecule has 0 bridgehead atoms. The van der Waals surface area contributed by atoms with Crippen molar-refractivity contribution >= 4 is 24.7 Å². The second-order valence-corrected chi connectivity index (χ2v) is 13.3. The fourth-order valence-electron chi connectivity index (χ4n) is 4.27. The van der Waals surface area contributed by atoms with Crippen molar-refractivity contribution in [3.05, 3.63) is 60.7 Å². The van der Waals surface area contributed by atoms with Gasteiger partial charge in [0.1, 0.15) is 6.10 Å². The number of cyclic esters (lactones) is 1. The van der Waals surface area contributed by atoms with Gasteiger partial charge in [0.2, 0.25) is 0 Å². The Morgan fingerprint density at radius 1 is 1.07 bits per heavy atom. The van der Waals surface area contributed by atoms with Crippen LogP contribution in [0.4, 0.5) is 0 Å². The van der Waals surface area contributed by atoms with E-state index >= 15 is 0 Å². The van der Waals surface area contributed by atoms with Crippen LogP contribution in [0.2, 0.25) is 5.04 Å². The number of rotatable bonds is 7. The Balaban J connectivity index is 1.85. The van der Waals surface area contributed by atoms with Gasteiger partial charge in [0.15, 0.2) is 0 Å². The van der Waals surface area contributed by atoms with Crippen LogP contribution in [0.1, 0.15) is 40.5 Å². The first-order valence-electron chi connectivity index (χ1n) is 10.4. The standard InChI is InChI=1S/C24H32O4Si/c1-18-17-22(28-23(18)26)21(25)15-16-27-29(24(2,3)4,19-11-7-5-8-12-19)20-13-9-6-10-14-20/h5-14,18,21-22,25H,15-17H2,1-4H3/t18-,21+,22+/m1/s1. The van der Waals surface area contributed by atoms with Crippen molar-refractivity contribution in [3.8, 4) is 0 Å². The van der Waals surface area contributed by atoms with Crippen LogP contribution in [0.25, 0.3) is 0 Å². The van der Waals surface area contributed by atoms with E-state index in [1.807, 2.05) is 19.1 Å². The number of hydrogen-bond acceptors (Lipinski definition) is 4. The number of carbonyl (C=O) groups excluding carboxylic acids is 1. The molecule has 1 saturated heterocycles. The van der Waals surface area contributed by atoms with E-state index < -0.39 is 20.5 Å². The number of esters is 1. The predicted molar refractivity (Wildman–Crippen MR) is 118 cm³/mol. The number of aliphatic hydroxyl groups excluding tert-OH is 1. The van der Waals surface area contributed by atoms with Gasteiger partial charge in [-0.05, 0) is 28.3 Å². The summed E-state index contributed by atoms with van der Waals surface area (Å²) in [6, 6.07) is 20.9. The number of benzene rings is 2. The molecule has 0 radical (unpaired) electrons. The highest BCUT2D eigenvalue weighted by atomic mass is 28.4.